The Morgan fingerprint density at radius 2 is 1.96 bits per heavy atom. The second-order valence-electron chi connectivity index (χ2n) is 4.96. The molecule has 0 aliphatic heterocycles. The van der Waals surface area contributed by atoms with Crippen LogP contribution in [0.3, 0.4) is 0 Å². The van der Waals surface area contributed by atoms with E-state index in [1.165, 1.54) is 40.5 Å². The van der Waals surface area contributed by atoms with Gasteiger partial charge in [-0.05, 0) is 24.3 Å². The molecule has 7 nitrogen and oxygen atoms in total. The third-order valence-electron chi connectivity index (χ3n) is 3.35. The molecule has 3 rings (SSSR count). The van der Waals surface area contributed by atoms with Crippen molar-refractivity contribution in [3.05, 3.63) is 58.6 Å². The Balaban J connectivity index is 1.64. The number of hydrogen-bond acceptors (Lipinski definition) is 6. The molecule has 1 heterocycles. The molecule has 0 aliphatic carbocycles. The molecule has 0 aliphatic rings. The lowest BCUT2D eigenvalue weighted by Gasteiger charge is -2.14. The molecule has 0 N–H and O–H groups in total. The number of carbonyl (C=O) groups excluding carboxylic acids is 1. The number of nitrogens with zero attached hydrogens (tertiary/aromatic N) is 3. The van der Waals surface area contributed by atoms with Gasteiger partial charge in [0.15, 0.2) is 11.7 Å². The first kappa shape index (κ1) is 15.9. The summed E-state index contributed by atoms with van der Waals surface area (Å²) in [6.45, 7) is -0.176. The number of aromatic nitrogens is 1. The molecule has 1 amide bonds. The van der Waals surface area contributed by atoms with Gasteiger partial charge in [0.05, 0.1) is 15.1 Å². The number of likely N-dealkylation sites (N-methyl/N-ethyl adjacent to an activating group) is 1. The summed E-state index contributed by atoms with van der Waals surface area (Å²) in [6.07, 6.45) is 0. The van der Waals surface area contributed by atoms with E-state index in [9.17, 15) is 14.9 Å². The first-order chi connectivity index (χ1) is 11.5. The smallest absolute Gasteiger partial charge is 0.269 e. The summed E-state index contributed by atoms with van der Waals surface area (Å²) in [5, 5.41) is 11.2. The van der Waals surface area contributed by atoms with E-state index < -0.39 is 4.92 Å². The molecule has 3 aromatic rings. The van der Waals surface area contributed by atoms with Gasteiger partial charge in [-0.2, -0.15) is 0 Å². The number of para-hydroxylation sites is 1. The van der Waals surface area contributed by atoms with E-state index in [-0.39, 0.29) is 18.2 Å². The van der Waals surface area contributed by atoms with Gasteiger partial charge in [-0.15, -0.1) is 0 Å². The zero-order valence-corrected chi connectivity index (χ0v) is 13.5. The molecule has 2 aromatic carbocycles. The zero-order chi connectivity index (χ0) is 17.1. The fourth-order valence-corrected chi connectivity index (χ4v) is 2.96. The van der Waals surface area contributed by atoms with Crippen LogP contribution < -0.4 is 9.64 Å². The summed E-state index contributed by atoms with van der Waals surface area (Å²) in [5.41, 5.74) is 0.814. The number of non-ortho nitro benzene ring substituents is 1. The van der Waals surface area contributed by atoms with Gasteiger partial charge in [0, 0.05) is 19.2 Å². The van der Waals surface area contributed by atoms with Gasteiger partial charge in [0.25, 0.3) is 11.6 Å². The standard InChI is InChI=1S/C16H13N3O4S/c1-18(16-17-13-4-2-3-5-14(13)24-16)15(20)10-23-12-8-6-11(7-9-12)19(21)22/h2-9H,10H2,1H3. The van der Waals surface area contributed by atoms with Crippen molar-refractivity contribution in [3.8, 4) is 5.75 Å². The summed E-state index contributed by atoms with van der Waals surface area (Å²) in [7, 11) is 1.64. The minimum atomic E-state index is -0.490. The number of ether oxygens (including phenoxy) is 1. The van der Waals surface area contributed by atoms with Crippen molar-refractivity contribution in [2.45, 2.75) is 0 Å². The average molecular weight is 343 g/mol. The molecule has 1 aromatic heterocycles. The quantitative estimate of drug-likeness (QED) is 0.524. The number of thiazole rings is 1. The summed E-state index contributed by atoms with van der Waals surface area (Å²) in [6, 6.07) is 13.2. The topological polar surface area (TPSA) is 85.6 Å². The Kier molecular flexibility index (Phi) is 4.39. The molecule has 0 atom stereocenters. The van der Waals surface area contributed by atoms with E-state index in [1.54, 1.807) is 7.05 Å². The van der Waals surface area contributed by atoms with E-state index in [1.807, 2.05) is 24.3 Å². The van der Waals surface area contributed by atoms with Gasteiger partial charge in [-0.25, -0.2) is 4.98 Å². The lowest BCUT2D eigenvalue weighted by molar-refractivity contribution is -0.384. The van der Waals surface area contributed by atoms with Crippen molar-refractivity contribution in [2.24, 2.45) is 0 Å². The number of rotatable bonds is 5. The van der Waals surface area contributed by atoms with E-state index in [0.717, 1.165) is 10.2 Å². The van der Waals surface area contributed by atoms with E-state index >= 15 is 0 Å². The molecule has 0 unspecified atom stereocenters. The van der Waals surface area contributed by atoms with Crippen molar-refractivity contribution in [2.75, 3.05) is 18.6 Å². The molecule has 0 fully saturated rings. The van der Waals surface area contributed by atoms with Crippen LogP contribution in [0.2, 0.25) is 0 Å². The van der Waals surface area contributed by atoms with Gasteiger partial charge < -0.3 is 4.74 Å². The van der Waals surface area contributed by atoms with Crippen LogP contribution >= 0.6 is 11.3 Å². The maximum Gasteiger partial charge on any atom is 0.269 e. The van der Waals surface area contributed by atoms with Gasteiger partial charge in [-0.3, -0.25) is 19.8 Å². The normalized spacial score (nSPS) is 10.5. The highest BCUT2D eigenvalue weighted by atomic mass is 32.1. The number of nitro groups is 1. The van der Waals surface area contributed by atoms with E-state index in [2.05, 4.69) is 4.98 Å². The highest BCUT2D eigenvalue weighted by Crippen LogP contribution is 2.27. The monoisotopic (exact) mass is 343 g/mol. The van der Waals surface area contributed by atoms with Crippen LogP contribution in [-0.2, 0) is 4.79 Å². The lowest BCUT2D eigenvalue weighted by Crippen LogP contribution is -2.31. The number of fused-ring (bicyclic) bond motifs is 1. The second kappa shape index (κ2) is 6.63. The predicted octanol–water partition coefficient (Wildman–Crippen LogP) is 3.25. The van der Waals surface area contributed by atoms with Crippen molar-refractivity contribution >= 4 is 38.3 Å². The molecular formula is C16H13N3O4S. The molecule has 0 spiro atoms. The lowest BCUT2D eigenvalue weighted by atomic mass is 10.3. The van der Waals surface area contributed by atoms with Crippen LogP contribution in [0.4, 0.5) is 10.8 Å². The molecule has 0 saturated carbocycles. The van der Waals surface area contributed by atoms with Crippen molar-refractivity contribution < 1.29 is 14.5 Å². The number of carbonyl (C=O) groups is 1. The molecule has 8 heteroatoms. The van der Waals surface area contributed by atoms with Crippen LogP contribution in [0, 0.1) is 10.1 Å². The summed E-state index contributed by atoms with van der Waals surface area (Å²) in [5.74, 6) is 0.138. The Morgan fingerprint density at radius 3 is 2.62 bits per heavy atom. The predicted molar refractivity (Wildman–Crippen MR) is 91.6 cm³/mol. The Morgan fingerprint density at radius 1 is 1.25 bits per heavy atom. The number of hydrogen-bond donors (Lipinski definition) is 0. The van der Waals surface area contributed by atoms with Gasteiger partial charge >= 0.3 is 0 Å². The van der Waals surface area contributed by atoms with Crippen LogP contribution in [-0.4, -0.2) is 29.5 Å². The van der Waals surface area contributed by atoms with Crippen molar-refractivity contribution in [1.29, 1.82) is 0 Å². The summed E-state index contributed by atoms with van der Waals surface area (Å²) in [4.78, 5) is 28.2. The molecular weight excluding hydrogens is 330 g/mol. The number of anilines is 1. The van der Waals surface area contributed by atoms with Crippen LogP contribution in [0.5, 0.6) is 5.75 Å². The van der Waals surface area contributed by atoms with Crippen LogP contribution in [0.25, 0.3) is 10.2 Å². The fourth-order valence-electron chi connectivity index (χ4n) is 2.02. The highest BCUT2D eigenvalue weighted by Gasteiger charge is 2.16. The molecule has 122 valence electrons. The largest absolute Gasteiger partial charge is 0.484 e. The highest BCUT2D eigenvalue weighted by molar-refractivity contribution is 7.22. The number of benzene rings is 2. The third kappa shape index (κ3) is 3.33. The summed E-state index contributed by atoms with van der Waals surface area (Å²) < 4.78 is 6.39. The minimum Gasteiger partial charge on any atom is -0.484 e. The number of nitro benzene ring substituents is 1. The van der Waals surface area contributed by atoms with Gasteiger partial charge in [0.1, 0.15) is 5.75 Å². The van der Waals surface area contributed by atoms with E-state index in [4.69, 9.17) is 4.74 Å². The minimum absolute atomic E-state index is 0.0275. The van der Waals surface area contributed by atoms with Crippen LogP contribution in [0.1, 0.15) is 0 Å². The Hall–Kier alpha value is -3.00. The maximum atomic E-state index is 12.2. The zero-order valence-electron chi connectivity index (χ0n) is 12.7. The first-order valence-corrected chi connectivity index (χ1v) is 7.85. The first-order valence-electron chi connectivity index (χ1n) is 7.04. The molecule has 0 saturated heterocycles. The average Bonchev–Trinajstić information content (AvgIpc) is 3.03. The Labute approximate surface area is 141 Å². The van der Waals surface area contributed by atoms with Gasteiger partial charge in [0.2, 0.25) is 0 Å². The fraction of sp³-hybridized carbons (Fsp3) is 0.125. The van der Waals surface area contributed by atoms with Crippen molar-refractivity contribution in [3.63, 3.8) is 0 Å². The molecule has 0 bridgehead atoms. The molecule has 0 radical (unpaired) electrons. The number of amides is 1. The summed E-state index contributed by atoms with van der Waals surface area (Å²) >= 11 is 1.42. The Bertz CT molecular complexity index is 859. The van der Waals surface area contributed by atoms with Gasteiger partial charge in [-0.1, -0.05) is 23.5 Å². The SMILES string of the molecule is CN(C(=O)COc1ccc([N+](=O)[O-])cc1)c1nc2ccccc2s1. The van der Waals surface area contributed by atoms with Crippen molar-refractivity contribution in [1.82, 2.24) is 4.98 Å². The third-order valence-corrected chi connectivity index (χ3v) is 4.47. The van der Waals surface area contributed by atoms with E-state index in [0.29, 0.717) is 10.9 Å². The van der Waals surface area contributed by atoms with Crippen LogP contribution in [0.15, 0.2) is 48.5 Å². The molecule has 24 heavy (non-hydrogen) atoms. The maximum absolute atomic E-state index is 12.2. The second-order valence-corrected chi connectivity index (χ2v) is 5.97.